The molecule has 0 bridgehead atoms. The predicted octanol–water partition coefficient (Wildman–Crippen LogP) is 2.05. The number of para-hydroxylation sites is 1. The summed E-state index contributed by atoms with van der Waals surface area (Å²) < 4.78 is 18.9. The Morgan fingerprint density at radius 2 is 2.15 bits per heavy atom. The number of hydrogen-bond acceptors (Lipinski definition) is 4. The minimum Gasteiger partial charge on any atom is -0.459 e. The van der Waals surface area contributed by atoms with Crippen LogP contribution in [-0.4, -0.2) is 12.5 Å². The van der Waals surface area contributed by atoms with Crippen molar-refractivity contribution in [1.82, 2.24) is 5.43 Å². The Labute approximate surface area is 116 Å². The van der Waals surface area contributed by atoms with Gasteiger partial charge in [-0.3, -0.25) is 10.2 Å². The molecule has 106 valence electrons. The molecule has 2 rings (SSSR count). The molecule has 0 aliphatic rings. The molecule has 6 heteroatoms. The average molecular weight is 277 g/mol. The van der Waals surface area contributed by atoms with E-state index in [1.807, 2.05) is 17.2 Å². The number of nitrogens with two attached hydrogens (primary N) is 1. The van der Waals surface area contributed by atoms with Crippen LogP contribution >= 0.6 is 0 Å². The predicted molar refractivity (Wildman–Crippen MR) is 73.5 cm³/mol. The van der Waals surface area contributed by atoms with E-state index in [1.165, 1.54) is 12.3 Å². The normalized spacial score (nSPS) is 10.3. The maximum Gasteiger partial charge on any atom is 0.301 e. The Balaban J connectivity index is 2.26. The van der Waals surface area contributed by atoms with Crippen LogP contribution in [0.25, 0.3) is 0 Å². The first-order valence-electron chi connectivity index (χ1n) is 6.24. The molecular weight excluding hydrogens is 261 g/mol. The molecule has 1 aromatic carbocycles. The summed E-state index contributed by atoms with van der Waals surface area (Å²) in [6.07, 6.45) is 1.41. The molecule has 0 aliphatic carbocycles. The number of rotatable bonds is 5. The first-order valence-corrected chi connectivity index (χ1v) is 6.24. The molecule has 3 N–H and O–H groups in total. The van der Waals surface area contributed by atoms with E-state index < -0.39 is 5.91 Å². The standard InChI is InChI=1S/C14H16FN3O2/c1-2-18(12-6-4-3-5-11(12)15)9-10-7-8-20-13(10)14(19)17-16/h3-8H,2,9,16H2,1H3,(H,17,19). The number of nitrogens with zero attached hydrogens (tertiary/aromatic N) is 1. The summed E-state index contributed by atoms with van der Waals surface area (Å²) in [5.74, 6) is 4.43. The van der Waals surface area contributed by atoms with Gasteiger partial charge in [-0.25, -0.2) is 10.2 Å². The Bertz CT molecular complexity index is 598. The summed E-state index contributed by atoms with van der Waals surface area (Å²) >= 11 is 0. The molecule has 0 spiro atoms. The van der Waals surface area contributed by atoms with Gasteiger partial charge >= 0.3 is 5.91 Å². The van der Waals surface area contributed by atoms with E-state index in [9.17, 15) is 9.18 Å². The van der Waals surface area contributed by atoms with Gasteiger partial charge in [0.05, 0.1) is 12.0 Å². The lowest BCUT2D eigenvalue weighted by molar-refractivity contribution is 0.0924. The number of benzene rings is 1. The average Bonchev–Trinajstić information content (AvgIpc) is 2.93. The van der Waals surface area contributed by atoms with Crippen LogP contribution in [0.2, 0.25) is 0 Å². The number of nitrogen functional groups attached to an aromatic ring is 1. The van der Waals surface area contributed by atoms with E-state index in [1.54, 1.807) is 24.3 Å². The third-order valence-electron chi connectivity index (χ3n) is 3.02. The van der Waals surface area contributed by atoms with Crippen molar-refractivity contribution in [2.45, 2.75) is 13.5 Å². The van der Waals surface area contributed by atoms with Gasteiger partial charge < -0.3 is 9.32 Å². The minimum atomic E-state index is -0.505. The van der Waals surface area contributed by atoms with Gasteiger partial charge in [0.15, 0.2) is 5.76 Å². The zero-order valence-corrected chi connectivity index (χ0v) is 11.1. The van der Waals surface area contributed by atoms with Gasteiger partial charge in [0.1, 0.15) is 5.82 Å². The second-order valence-corrected chi connectivity index (χ2v) is 4.21. The number of hydrogen-bond donors (Lipinski definition) is 2. The van der Waals surface area contributed by atoms with Crippen LogP contribution in [0, 0.1) is 5.82 Å². The molecule has 1 amide bonds. The van der Waals surface area contributed by atoms with Gasteiger partial charge in [0, 0.05) is 18.7 Å². The number of carbonyl (C=O) groups excluding carboxylic acids is 1. The molecule has 0 saturated heterocycles. The zero-order valence-electron chi connectivity index (χ0n) is 11.1. The molecular formula is C14H16FN3O2. The molecule has 0 radical (unpaired) electrons. The fourth-order valence-corrected chi connectivity index (χ4v) is 2.01. The highest BCUT2D eigenvalue weighted by Crippen LogP contribution is 2.22. The van der Waals surface area contributed by atoms with E-state index >= 15 is 0 Å². The van der Waals surface area contributed by atoms with Crippen LogP contribution < -0.4 is 16.2 Å². The zero-order chi connectivity index (χ0) is 14.5. The molecule has 1 heterocycles. The summed E-state index contributed by atoms with van der Waals surface area (Å²) in [4.78, 5) is 13.4. The number of nitrogens with one attached hydrogen (secondary N) is 1. The molecule has 0 unspecified atom stereocenters. The van der Waals surface area contributed by atoms with Crippen molar-refractivity contribution in [3.05, 3.63) is 53.7 Å². The first kappa shape index (κ1) is 14.1. The lowest BCUT2D eigenvalue weighted by atomic mass is 10.2. The molecule has 20 heavy (non-hydrogen) atoms. The Kier molecular flexibility index (Phi) is 4.37. The van der Waals surface area contributed by atoms with E-state index in [-0.39, 0.29) is 11.6 Å². The van der Waals surface area contributed by atoms with Crippen LogP contribution in [0.3, 0.4) is 0 Å². The molecule has 0 saturated carbocycles. The first-order chi connectivity index (χ1) is 9.67. The van der Waals surface area contributed by atoms with Crippen molar-refractivity contribution in [3.63, 3.8) is 0 Å². The summed E-state index contributed by atoms with van der Waals surface area (Å²) in [7, 11) is 0. The van der Waals surface area contributed by atoms with Crippen molar-refractivity contribution in [2.24, 2.45) is 5.84 Å². The van der Waals surface area contributed by atoms with E-state index in [2.05, 4.69) is 0 Å². The number of hydrazine groups is 1. The van der Waals surface area contributed by atoms with Gasteiger partial charge in [-0.1, -0.05) is 12.1 Å². The highest BCUT2D eigenvalue weighted by Gasteiger charge is 2.18. The Morgan fingerprint density at radius 1 is 1.40 bits per heavy atom. The van der Waals surface area contributed by atoms with Crippen molar-refractivity contribution in [2.75, 3.05) is 11.4 Å². The maximum atomic E-state index is 13.8. The second kappa shape index (κ2) is 6.21. The molecule has 0 aliphatic heterocycles. The van der Waals surface area contributed by atoms with E-state index in [0.29, 0.717) is 24.3 Å². The lowest BCUT2D eigenvalue weighted by Crippen LogP contribution is -2.31. The maximum absolute atomic E-state index is 13.8. The number of amides is 1. The van der Waals surface area contributed by atoms with Gasteiger partial charge in [-0.05, 0) is 25.1 Å². The topological polar surface area (TPSA) is 71.5 Å². The fraction of sp³-hybridized carbons (Fsp3) is 0.214. The molecule has 5 nitrogen and oxygen atoms in total. The fourth-order valence-electron chi connectivity index (χ4n) is 2.01. The van der Waals surface area contributed by atoms with Crippen molar-refractivity contribution in [1.29, 1.82) is 0 Å². The molecule has 1 aromatic heterocycles. The molecule has 0 fully saturated rings. The summed E-state index contributed by atoms with van der Waals surface area (Å²) in [5.41, 5.74) is 3.16. The Morgan fingerprint density at radius 3 is 2.80 bits per heavy atom. The van der Waals surface area contributed by atoms with E-state index in [0.717, 1.165) is 0 Å². The van der Waals surface area contributed by atoms with Crippen molar-refractivity contribution in [3.8, 4) is 0 Å². The summed E-state index contributed by atoms with van der Waals surface area (Å²) in [6, 6.07) is 8.18. The third-order valence-corrected chi connectivity index (χ3v) is 3.02. The SMILES string of the molecule is CCN(Cc1ccoc1C(=O)NN)c1ccccc1F. The van der Waals surface area contributed by atoms with E-state index in [4.69, 9.17) is 10.3 Å². The number of carbonyl (C=O) groups is 1. The largest absolute Gasteiger partial charge is 0.459 e. The van der Waals surface area contributed by atoms with Crippen molar-refractivity contribution < 1.29 is 13.6 Å². The molecule has 2 aromatic rings. The van der Waals surface area contributed by atoms with Gasteiger partial charge in [-0.15, -0.1) is 0 Å². The summed E-state index contributed by atoms with van der Waals surface area (Å²) in [6.45, 7) is 2.86. The lowest BCUT2D eigenvalue weighted by Gasteiger charge is -2.23. The second-order valence-electron chi connectivity index (χ2n) is 4.21. The Hall–Kier alpha value is -2.34. The van der Waals surface area contributed by atoms with Gasteiger partial charge in [0.25, 0.3) is 0 Å². The quantitative estimate of drug-likeness (QED) is 0.498. The van der Waals surface area contributed by atoms with Crippen LogP contribution in [-0.2, 0) is 6.54 Å². The number of halogens is 1. The smallest absolute Gasteiger partial charge is 0.301 e. The van der Waals surface area contributed by atoms with Crippen LogP contribution in [0.4, 0.5) is 10.1 Å². The number of furan rings is 1. The minimum absolute atomic E-state index is 0.141. The number of anilines is 1. The highest BCUT2D eigenvalue weighted by molar-refractivity contribution is 5.92. The third kappa shape index (κ3) is 2.80. The van der Waals surface area contributed by atoms with Crippen LogP contribution in [0.1, 0.15) is 23.0 Å². The van der Waals surface area contributed by atoms with Crippen LogP contribution in [0.5, 0.6) is 0 Å². The van der Waals surface area contributed by atoms with Gasteiger partial charge in [0.2, 0.25) is 0 Å². The van der Waals surface area contributed by atoms with Crippen LogP contribution in [0.15, 0.2) is 41.0 Å². The molecule has 0 atom stereocenters. The summed E-state index contributed by atoms with van der Waals surface area (Å²) in [5, 5.41) is 0. The highest BCUT2D eigenvalue weighted by atomic mass is 19.1. The monoisotopic (exact) mass is 277 g/mol. The van der Waals surface area contributed by atoms with Gasteiger partial charge in [-0.2, -0.15) is 0 Å². The van der Waals surface area contributed by atoms with Crippen molar-refractivity contribution >= 4 is 11.6 Å².